The van der Waals surface area contributed by atoms with Gasteiger partial charge in [-0.1, -0.05) is 11.6 Å². The first kappa shape index (κ1) is 19.7. The van der Waals surface area contributed by atoms with Crippen molar-refractivity contribution in [3.63, 3.8) is 0 Å². The zero-order valence-electron chi connectivity index (χ0n) is 15.7. The number of ether oxygens (including phenoxy) is 1. The van der Waals surface area contributed by atoms with Gasteiger partial charge in [-0.25, -0.2) is 4.90 Å². The zero-order valence-corrected chi connectivity index (χ0v) is 16.5. The van der Waals surface area contributed by atoms with Crippen LogP contribution in [0, 0.1) is 6.92 Å². The number of nitrogens with zero attached hydrogens (tertiary/aromatic N) is 1. The van der Waals surface area contributed by atoms with Crippen molar-refractivity contribution in [1.82, 2.24) is 0 Å². The van der Waals surface area contributed by atoms with Gasteiger partial charge in [0, 0.05) is 29.4 Å². The molecule has 0 unspecified atom stereocenters. The van der Waals surface area contributed by atoms with Crippen molar-refractivity contribution in [1.29, 1.82) is 0 Å². The second-order valence-electron chi connectivity index (χ2n) is 6.50. The third-order valence-corrected chi connectivity index (χ3v) is 4.80. The Kier molecular flexibility index (Phi) is 5.56. The number of methoxy groups -OCH3 is 1. The van der Waals surface area contributed by atoms with Gasteiger partial charge in [-0.3, -0.25) is 14.4 Å². The molecule has 1 fully saturated rings. The van der Waals surface area contributed by atoms with Crippen LogP contribution in [-0.2, 0) is 14.4 Å². The molecule has 0 aromatic heterocycles. The molecule has 1 aliphatic heterocycles. The largest absolute Gasteiger partial charge is 0.495 e. The molecule has 0 radical (unpaired) electrons. The fourth-order valence-corrected chi connectivity index (χ4v) is 3.19. The van der Waals surface area contributed by atoms with Gasteiger partial charge in [-0.15, -0.1) is 0 Å². The van der Waals surface area contributed by atoms with Crippen LogP contribution in [0.1, 0.15) is 18.9 Å². The van der Waals surface area contributed by atoms with Gasteiger partial charge in [0.1, 0.15) is 11.8 Å². The summed E-state index contributed by atoms with van der Waals surface area (Å²) in [5.74, 6) is -0.494. The summed E-state index contributed by atoms with van der Waals surface area (Å²) in [6.07, 6.45) is 0.0249. The Balaban J connectivity index is 1.81. The average Bonchev–Trinajstić information content (AvgIpc) is 2.91. The van der Waals surface area contributed by atoms with Gasteiger partial charge in [0.2, 0.25) is 11.8 Å². The van der Waals surface area contributed by atoms with E-state index in [1.165, 1.54) is 14.0 Å². The number of rotatable bonds is 5. The highest BCUT2D eigenvalue weighted by Gasteiger charge is 2.41. The van der Waals surface area contributed by atoms with E-state index in [1.54, 1.807) is 43.3 Å². The van der Waals surface area contributed by atoms with Crippen molar-refractivity contribution in [2.45, 2.75) is 26.3 Å². The molecule has 3 rings (SSSR count). The first-order valence-electron chi connectivity index (χ1n) is 8.65. The van der Waals surface area contributed by atoms with Gasteiger partial charge >= 0.3 is 0 Å². The van der Waals surface area contributed by atoms with E-state index in [4.69, 9.17) is 16.3 Å². The third-order valence-electron chi connectivity index (χ3n) is 4.39. The summed E-state index contributed by atoms with van der Waals surface area (Å²) >= 11 is 6.12. The van der Waals surface area contributed by atoms with Gasteiger partial charge in [0.15, 0.2) is 0 Å². The summed E-state index contributed by atoms with van der Waals surface area (Å²) in [5, 5.41) is 6.24. The zero-order chi connectivity index (χ0) is 20.4. The molecule has 1 aliphatic rings. The van der Waals surface area contributed by atoms with Crippen LogP contribution in [0.4, 0.5) is 17.1 Å². The Bertz CT molecular complexity index is 943. The van der Waals surface area contributed by atoms with E-state index >= 15 is 0 Å². The number of anilines is 3. The Morgan fingerprint density at radius 2 is 1.82 bits per heavy atom. The van der Waals surface area contributed by atoms with Crippen molar-refractivity contribution in [3.8, 4) is 5.75 Å². The van der Waals surface area contributed by atoms with Gasteiger partial charge < -0.3 is 15.4 Å². The summed E-state index contributed by atoms with van der Waals surface area (Å²) in [6, 6.07) is 9.47. The minimum Gasteiger partial charge on any atom is -0.495 e. The van der Waals surface area contributed by atoms with Gasteiger partial charge in [0.25, 0.3) is 5.91 Å². The predicted molar refractivity (Wildman–Crippen MR) is 108 cm³/mol. The van der Waals surface area contributed by atoms with Gasteiger partial charge in [0.05, 0.1) is 19.2 Å². The number of carbonyl (C=O) groups is 3. The lowest BCUT2D eigenvalue weighted by Gasteiger charge is -2.20. The summed E-state index contributed by atoms with van der Waals surface area (Å²) in [7, 11) is 1.46. The fourth-order valence-electron chi connectivity index (χ4n) is 3.04. The minimum absolute atomic E-state index is 0.0249. The highest BCUT2D eigenvalue weighted by Crippen LogP contribution is 2.36. The van der Waals surface area contributed by atoms with Crippen LogP contribution in [0.25, 0.3) is 0 Å². The van der Waals surface area contributed by atoms with E-state index in [0.29, 0.717) is 27.8 Å². The van der Waals surface area contributed by atoms with Crippen molar-refractivity contribution in [2.24, 2.45) is 0 Å². The number of hydrogen-bond donors (Lipinski definition) is 2. The van der Waals surface area contributed by atoms with Crippen LogP contribution in [0.5, 0.6) is 5.75 Å². The lowest BCUT2D eigenvalue weighted by atomic mass is 10.2. The highest BCUT2D eigenvalue weighted by atomic mass is 35.5. The van der Waals surface area contributed by atoms with Crippen molar-refractivity contribution >= 4 is 46.4 Å². The highest BCUT2D eigenvalue weighted by molar-refractivity contribution is 6.32. The summed E-state index contributed by atoms with van der Waals surface area (Å²) in [6.45, 7) is 3.22. The number of benzene rings is 2. The number of carbonyl (C=O) groups excluding carboxylic acids is 3. The Morgan fingerprint density at radius 3 is 2.43 bits per heavy atom. The van der Waals surface area contributed by atoms with Crippen LogP contribution in [0.2, 0.25) is 5.02 Å². The van der Waals surface area contributed by atoms with Crippen LogP contribution in [-0.4, -0.2) is 30.9 Å². The molecule has 0 spiro atoms. The summed E-state index contributed by atoms with van der Waals surface area (Å²) in [5.41, 5.74) is 2.43. The molecule has 28 heavy (non-hydrogen) atoms. The molecule has 0 saturated carbocycles. The lowest BCUT2D eigenvalue weighted by Crippen LogP contribution is -2.35. The fraction of sp³-hybridized carbons (Fsp3) is 0.250. The summed E-state index contributed by atoms with van der Waals surface area (Å²) in [4.78, 5) is 37.7. The molecule has 1 heterocycles. The maximum Gasteiger partial charge on any atom is 0.256 e. The van der Waals surface area contributed by atoms with Gasteiger partial charge in [-0.2, -0.15) is 0 Å². The van der Waals surface area contributed by atoms with Crippen molar-refractivity contribution < 1.29 is 19.1 Å². The number of aryl methyl sites for hydroxylation is 1. The second-order valence-corrected chi connectivity index (χ2v) is 6.91. The van der Waals surface area contributed by atoms with Crippen molar-refractivity contribution in [2.75, 3.05) is 22.6 Å². The average molecular weight is 402 g/mol. The predicted octanol–water partition coefficient (Wildman–Crippen LogP) is 3.36. The van der Waals surface area contributed by atoms with E-state index in [2.05, 4.69) is 10.6 Å². The molecule has 7 nitrogen and oxygen atoms in total. The first-order chi connectivity index (χ1) is 13.3. The maximum absolute atomic E-state index is 12.9. The Hall–Kier alpha value is -3.06. The number of imide groups is 1. The van der Waals surface area contributed by atoms with E-state index in [9.17, 15) is 14.4 Å². The summed E-state index contributed by atoms with van der Waals surface area (Å²) < 4.78 is 5.30. The Morgan fingerprint density at radius 1 is 1.18 bits per heavy atom. The van der Waals surface area contributed by atoms with Crippen LogP contribution in [0.15, 0.2) is 36.4 Å². The molecule has 3 amide bonds. The molecule has 2 N–H and O–H groups in total. The minimum atomic E-state index is -0.695. The monoisotopic (exact) mass is 401 g/mol. The standard InChI is InChI=1S/C20H20ClN3O4/c1-11-8-17(18(28-3)9-15(11)21)24-19(26)10-16(20(24)27)23-14-6-4-13(5-7-14)22-12(2)25/h4-9,16,23H,10H2,1-3H3,(H,22,25)/t16-/m0/s1. The third kappa shape index (κ3) is 3.94. The maximum atomic E-state index is 12.9. The smallest absolute Gasteiger partial charge is 0.256 e. The Labute approximate surface area is 167 Å². The van der Waals surface area contributed by atoms with E-state index in [1.807, 2.05) is 0 Å². The first-order valence-corrected chi connectivity index (χ1v) is 9.03. The molecule has 8 heteroatoms. The topological polar surface area (TPSA) is 87.7 Å². The molecule has 1 atom stereocenters. The van der Waals surface area contributed by atoms with Crippen LogP contribution >= 0.6 is 11.6 Å². The van der Waals surface area contributed by atoms with Gasteiger partial charge in [-0.05, 0) is 42.8 Å². The van der Waals surface area contributed by atoms with E-state index in [-0.39, 0.29) is 24.1 Å². The van der Waals surface area contributed by atoms with E-state index in [0.717, 1.165) is 10.5 Å². The SMILES string of the molecule is COc1cc(Cl)c(C)cc1N1C(=O)C[C@H](Nc2ccc(NC(C)=O)cc2)C1=O. The molecular weight excluding hydrogens is 382 g/mol. The van der Waals surface area contributed by atoms with Crippen LogP contribution < -0.4 is 20.3 Å². The molecule has 2 aromatic rings. The van der Waals surface area contributed by atoms with Crippen molar-refractivity contribution in [3.05, 3.63) is 47.0 Å². The lowest BCUT2D eigenvalue weighted by molar-refractivity contribution is -0.121. The number of amides is 3. The van der Waals surface area contributed by atoms with E-state index < -0.39 is 6.04 Å². The number of hydrogen-bond acceptors (Lipinski definition) is 5. The molecule has 0 bridgehead atoms. The second kappa shape index (κ2) is 7.90. The molecule has 0 aliphatic carbocycles. The number of halogens is 1. The normalized spacial score (nSPS) is 16.3. The molecular formula is C20H20ClN3O4. The molecule has 1 saturated heterocycles. The molecule has 146 valence electrons. The quantitative estimate of drug-likeness (QED) is 0.750. The number of nitrogens with one attached hydrogen (secondary N) is 2. The van der Waals surface area contributed by atoms with Crippen LogP contribution in [0.3, 0.4) is 0 Å². The molecule has 2 aromatic carbocycles.